The minimum absolute atomic E-state index is 0.0657. The van der Waals surface area contributed by atoms with Crippen molar-refractivity contribution in [1.29, 1.82) is 0 Å². The van der Waals surface area contributed by atoms with E-state index in [4.69, 9.17) is 4.74 Å². The molecular formula is C31H49NO2P+. The summed E-state index contributed by atoms with van der Waals surface area (Å²) in [6.45, 7) is 6.81. The van der Waals surface area contributed by atoms with Gasteiger partial charge >= 0.3 is 5.91 Å². The normalized spacial score (nSPS) is 25.9. The van der Waals surface area contributed by atoms with Crippen LogP contribution in [-0.2, 0) is 10.2 Å². The second-order valence-corrected chi connectivity index (χ2v) is 17.5. The van der Waals surface area contributed by atoms with E-state index < -0.39 is 7.26 Å². The third kappa shape index (κ3) is 4.69. The molecule has 4 aliphatic rings. The van der Waals surface area contributed by atoms with E-state index in [-0.39, 0.29) is 17.2 Å². The number of rotatable bonds is 4. The van der Waals surface area contributed by atoms with E-state index in [0.29, 0.717) is 0 Å². The van der Waals surface area contributed by atoms with E-state index in [1.165, 1.54) is 102 Å². The van der Waals surface area contributed by atoms with Crippen LogP contribution in [0, 0.1) is 0 Å². The Labute approximate surface area is 215 Å². The summed E-state index contributed by atoms with van der Waals surface area (Å²) in [5.41, 5.74) is 4.53. The number of anilines is 1. The molecule has 3 saturated carbocycles. The first-order chi connectivity index (χ1) is 16.8. The van der Waals surface area contributed by atoms with Gasteiger partial charge in [0.25, 0.3) is 5.85 Å². The molecule has 35 heavy (non-hydrogen) atoms. The predicted octanol–water partition coefficient (Wildman–Crippen LogP) is 8.68. The van der Waals surface area contributed by atoms with Gasteiger partial charge < -0.3 is 9.64 Å². The smallest absolute Gasteiger partial charge is 0.307 e. The highest BCUT2D eigenvalue weighted by Gasteiger charge is 2.66. The average molecular weight is 499 g/mol. The number of ether oxygens (including phenoxy) is 1. The number of fused-ring (bicyclic) bond motifs is 1. The Balaban J connectivity index is 1.64. The monoisotopic (exact) mass is 498 g/mol. The highest BCUT2D eigenvalue weighted by Crippen LogP contribution is 2.80. The van der Waals surface area contributed by atoms with E-state index in [9.17, 15) is 4.79 Å². The predicted molar refractivity (Wildman–Crippen MR) is 151 cm³/mol. The van der Waals surface area contributed by atoms with Crippen LogP contribution in [0.15, 0.2) is 18.2 Å². The SMILES string of the molecule is CN1C(=O)C([P+](C2CCCCC2)(C2CCCCC2)C2CCCCC2)Oc2cc(C(C)(C)C)ccc21. The Bertz CT molecular complexity index is 842. The molecule has 1 aliphatic heterocycles. The molecule has 3 aliphatic carbocycles. The first-order valence-electron chi connectivity index (χ1n) is 14.8. The highest BCUT2D eigenvalue weighted by atomic mass is 31.2. The zero-order chi connectivity index (χ0) is 24.6. The van der Waals surface area contributed by atoms with Crippen LogP contribution in [0.25, 0.3) is 0 Å². The summed E-state index contributed by atoms with van der Waals surface area (Å²) in [7, 11) is 0.302. The van der Waals surface area contributed by atoms with E-state index in [1.807, 2.05) is 11.9 Å². The maximum absolute atomic E-state index is 14.4. The largest absolute Gasteiger partial charge is 0.446 e. The molecule has 0 radical (unpaired) electrons. The quantitative estimate of drug-likeness (QED) is 0.389. The number of benzene rings is 1. The fraction of sp³-hybridized carbons (Fsp3) is 0.774. The molecule has 4 heteroatoms. The Hall–Kier alpha value is -1.08. The average Bonchev–Trinajstić information content (AvgIpc) is 2.88. The lowest BCUT2D eigenvalue weighted by Crippen LogP contribution is -2.52. The Kier molecular flexibility index (Phi) is 7.56. The number of carbonyl (C=O) groups is 1. The molecule has 1 heterocycles. The van der Waals surface area contributed by atoms with Crippen molar-refractivity contribution < 1.29 is 9.53 Å². The van der Waals surface area contributed by atoms with Crippen LogP contribution < -0.4 is 9.64 Å². The van der Waals surface area contributed by atoms with Gasteiger partial charge in [0.15, 0.2) is 0 Å². The van der Waals surface area contributed by atoms with Crippen molar-refractivity contribution in [3.63, 3.8) is 0 Å². The molecule has 1 atom stereocenters. The van der Waals surface area contributed by atoms with Gasteiger partial charge in [-0.05, 0) is 100 Å². The molecule has 3 nitrogen and oxygen atoms in total. The summed E-state index contributed by atoms with van der Waals surface area (Å²) in [6.07, 6.45) is 20.3. The van der Waals surface area contributed by atoms with Gasteiger partial charge in [-0.25, -0.2) is 0 Å². The van der Waals surface area contributed by atoms with Crippen molar-refractivity contribution >= 4 is 18.9 Å². The second-order valence-electron chi connectivity index (χ2n) is 13.1. The summed E-state index contributed by atoms with van der Waals surface area (Å²) in [6, 6.07) is 6.59. The van der Waals surface area contributed by atoms with Gasteiger partial charge in [-0.3, -0.25) is 4.79 Å². The van der Waals surface area contributed by atoms with Gasteiger partial charge in [-0.1, -0.05) is 46.1 Å². The van der Waals surface area contributed by atoms with Crippen LogP contribution in [0.3, 0.4) is 0 Å². The second kappa shape index (κ2) is 10.4. The molecule has 1 aromatic rings. The highest BCUT2D eigenvalue weighted by molar-refractivity contribution is 7.79. The molecule has 0 spiro atoms. The molecular weight excluding hydrogens is 449 g/mol. The van der Waals surface area contributed by atoms with Gasteiger partial charge in [-0.15, -0.1) is 0 Å². The van der Waals surface area contributed by atoms with Gasteiger partial charge in [0.1, 0.15) is 5.75 Å². The maximum Gasteiger partial charge on any atom is 0.307 e. The first kappa shape index (κ1) is 25.6. The minimum atomic E-state index is -1.72. The lowest BCUT2D eigenvalue weighted by Gasteiger charge is -2.52. The van der Waals surface area contributed by atoms with E-state index in [2.05, 4.69) is 39.0 Å². The van der Waals surface area contributed by atoms with Crippen molar-refractivity contribution in [3.8, 4) is 5.75 Å². The van der Waals surface area contributed by atoms with Gasteiger partial charge in [0.05, 0.1) is 29.9 Å². The van der Waals surface area contributed by atoms with E-state index in [1.54, 1.807) is 0 Å². The number of amides is 1. The van der Waals surface area contributed by atoms with Gasteiger partial charge in [0, 0.05) is 7.05 Å². The molecule has 1 amide bonds. The van der Waals surface area contributed by atoms with Crippen LogP contribution in [0.5, 0.6) is 5.75 Å². The first-order valence-corrected chi connectivity index (χ1v) is 16.9. The standard InChI is InChI=1S/C31H49NO2P/c1-31(2,3)23-20-21-27-28(22-23)34-30(29(33)32(27)4)35(24-14-8-5-9-15-24,25-16-10-6-11-17-25)26-18-12-7-13-19-26/h20-22,24-26,30H,5-19H2,1-4H3/q+1. The molecule has 5 rings (SSSR count). The van der Waals surface area contributed by atoms with Crippen LogP contribution >= 0.6 is 7.26 Å². The number of hydrogen-bond donors (Lipinski definition) is 0. The van der Waals surface area contributed by atoms with Crippen molar-refractivity contribution in [2.24, 2.45) is 0 Å². The maximum atomic E-state index is 14.4. The summed E-state index contributed by atoms with van der Waals surface area (Å²) in [4.78, 5) is 16.4. The molecule has 194 valence electrons. The van der Waals surface area contributed by atoms with Crippen molar-refractivity contribution in [3.05, 3.63) is 23.8 Å². The fourth-order valence-electron chi connectivity index (χ4n) is 8.14. The third-order valence-corrected chi connectivity index (χ3v) is 16.5. The molecule has 0 bridgehead atoms. The molecule has 0 saturated heterocycles. The fourth-order valence-corrected chi connectivity index (χ4v) is 15.7. The lowest BCUT2D eigenvalue weighted by atomic mass is 9.86. The number of likely N-dealkylation sites (N-methyl/N-ethyl adjacent to an activating group) is 1. The van der Waals surface area contributed by atoms with Crippen LogP contribution in [0.1, 0.15) is 123 Å². The zero-order valence-electron chi connectivity index (χ0n) is 22.9. The summed E-state index contributed by atoms with van der Waals surface area (Å²) >= 11 is 0. The summed E-state index contributed by atoms with van der Waals surface area (Å²) < 4.78 is 7.13. The van der Waals surface area contributed by atoms with E-state index >= 15 is 0 Å². The summed E-state index contributed by atoms with van der Waals surface area (Å²) in [5, 5.41) is 0. The Morgan fingerprint density at radius 2 is 1.23 bits per heavy atom. The molecule has 1 aromatic carbocycles. The molecule has 0 N–H and O–H groups in total. The third-order valence-electron chi connectivity index (χ3n) is 10.00. The van der Waals surface area contributed by atoms with Crippen molar-refractivity contribution in [1.82, 2.24) is 0 Å². The van der Waals surface area contributed by atoms with Crippen LogP contribution in [0.4, 0.5) is 5.69 Å². The Morgan fingerprint density at radius 3 is 1.66 bits per heavy atom. The minimum Gasteiger partial charge on any atom is -0.446 e. The molecule has 0 aromatic heterocycles. The summed E-state index contributed by atoms with van der Waals surface area (Å²) in [5.74, 6) is 1.02. The molecule has 1 unspecified atom stereocenters. The van der Waals surface area contributed by atoms with Crippen molar-refractivity contribution in [2.75, 3.05) is 11.9 Å². The van der Waals surface area contributed by atoms with Crippen LogP contribution in [0.2, 0.25) is 0 Å². The van der Waals surface area contributed by atoms with Crippen molar-refractivity contribution in [2.45, 2.75) is 145 Å². The van der Waals surface area contributed by atoms with Crippen LogP contribution in [-0.4, -0.2) is 35.8 Å². The van der Waals surface area contributed by atoms with Gasteiger partial charge in [-0.2, -0.15) is 0 Å². The van der Waals surface area contributed by atoms with E-state index in [0.717, 1.165) is 28.4 Å². The zero-order valence-corrected chi connectivity index (χ0v) is 23.8. The number of nitrogens with zero attached hydrogens (tertiary/aromatic N) is 1. The van der Waals surface area contributed by atoms with Gasteiger partial charge in [0.2, 0.25) is 0 Å². The molecule has 3 fully saturated rings. The Morgan fingerprint density at radius 1 is 0.771 bits per heavy atom. The number of hydrogen-bond acceptors (Lipinski definition) is 2. The lowest BCUT2D eigenvalue weighted by molar-refractivity contribution is -0.122. The topological polar surface area (TPSA) is 29.5 Å². The number of carbonyl (C=O) groups excluding carboxylic acids is 1.